The molecule has 0 saturated carbocycles. The van der Waals surface area contributed by atoms with Crippen LogP contribution in [0.3, 0.4) is 0 Å². The third-order valence-electron chi connectivity index (χ3n) is 3.34. The molecule has 1 aromatic heterocycles. The van der Waals surface area contributed by atoms with Crippen LogP contribution >= 0.6 is 23.4 Å². The molecule has 2 aromatic carbocycles. The van der Waals surface area contributed by atoms with Crippen molar-refractivity contribution < 1.29 is 9.21 Å². The van der Waals surface area contributed by atoms with Gasteiger partial charge in [-0.2, -0.15) is 5.10 Å². The Morgan fingerprint density at radius 3 is 2.56 bits per heavy atom. The van der Waals surface area contributed by atoms with Crippen LogP contribution < -0.4 is 5.43 Å². The Hall–Kier alpha value is -2.50. The topological polar surface area (TPSA) is 54.6 Å². The van der Waals surface area contributed by atoms with Gasteiger partial charge in [0.2, 0.25) is 0 Å². The van der Waals surface area contributed by atoms with Crippen LogP contribution in [0.15, 0.2) is 81.3 Å². The van der Waals surface area contributed by atoms with Crippen molar-refractivity contribution in [1.82, 2.24) is 5.43 Å². The van der Waals surface area contributed by atoms with Gasteiger partial charge in [-0.05, 0) is 54.1 Å². The van der Waals surface area contributed by atoms with Crippen molar-refractivity contribution in [3.8, 4) is 0 Å². The zero-order valence-electron chi connectivity index (χ0n) is 13.2. The lowest BCUT2D eigenvalue weighted by Crippen LogP contribution is -2.17. The number of carbonyl (C=O) groups excluding carboxylic acids is 1. The number of hydrazone groups is 1. The maximum Gasteiger partial charge on any atom is 0.271 e. The summed E-state index contributed by atoms with van der Waals surface area (Å²) in [6.45, 7) is 0. The van der Waals surface area contributed by atoms with Crippen molar-refractivity contribution in [2.45, 2.75) is 10.6 Å². The van der Waals surface area contributed by atoms with E-state index < -0.39 is 0 Å². The number of halogens is 1. The Bertz CT molecular complexity index is 844. The molecule has 0 fully saturated rings. The Labute approximate surface area is 154 Å². The number of amides is 1. The Kier molecular flexibility index (Phi) is 5.93. The van der Waals surface area contributed by atoms with Gasteiger partial charge in [0.25, 0.3) is 5.91 Å². The smallest absolute Gasteiger partial charge is 0.271 e. The number of nitrogens with one attached hydrogen (secondary N) is 1. The molecule has 1 heterocycles. The maximum atomic E-state index is 12.0. The lowest BCUT2D eigenvalue weighted by atomic mass is 10.1. The van der Waals surface area contributed by atoms with Crippen LogP contribution in [0.4, 0.5) is 0 Å². The molecule has 3 rings (SSSR count). The van der Waals surface area contributed by atoms with Gasteiger partial charge in [0, 0.05) is 21.2 Å². The fourth-order valence-electron chi connectivity index (χ4n) is 2.03. The van der Waals surface area contributed by atoms with Gasteiger partial charge in [-0.3, -0.25) is 4.79 Å². The highest BCUT2D eigenvalue weighted by Gasteiger charge is 2.04. The van der Waals surface area contributed by atoms with Crippen LogP contribution in [0.2, 0.25) is 5.02 Å². The van der Waals surface area contributed by atoms with Crippen molar-refractivity contribution in [3.63, 3.8) is 0 Å². The molecule has 0 aliphatic rings. The number of rotatable bonds is 6. The summed E-state index contributed by atoms with van der Waals surface area (Å²) in [6, 6.07) is 18.7. The fourth-order valence-corrected chi connectivity index (χ4v) is 3.01. The van der Waals surface area contributed by atoms with E-state index in [-0.39, 0.29) is 5.91 Å². The van der Waals surface area contributed by atoms with Gasteiger partial charge in [0.1, 0.15) is 5.76 Å². The van der Waals surface area contributed by atoms with E-state index in [9.17, 15) is 4.79 Å². The van der Waals surface area contributed by atoms with Crippen LogP contribution in [0, 0.1) is 0 Å². The molecule has 3 aromatic rings. The highest BCUT2D eigenvalue weighted by molar-refractivity contribution is 7.98. The van der Waals surface area contributed by atoms with Gasteiger partial charge < -0.3 is 4.42 Å². The van der Waals surface area contributed by atoms with Gasteiger partial charge >= 0.3 is 0 Å². The van der Waals surface area contributed by atoms with Gasteiger partial charge in [0.05, 0.1) is 12.5 Å². The number of hydrogen-bond donors (Lipinski definition) is 1. The minimum Gasteiger partial charge on any atom is -0.463 e. The second-order valence-electron chi connectivity index (χ2n) is 5.15. The van der Waals surface area contributed by atoms with Crippen molar-refractivity contribution in [3.05, 3.63) is 88.8 Å². The maximum absolute atomic E-state index is 12.0. The quantitative estimate of drug-likeness (QED) is 0.378. The van der Waals surface area contributed by atoms with E-state index in [0.29, 0.717) is 11.3 Å². The van der Waals surface area contributed by atoms with Crippen LogP contribution in [-0.4, -0.2) is 12.1 Å². The first-order chi connectivity index (χ1) is 12.2. The van der Waals surface area contributed by atoms with Gasteiger partial charge in [0.15, 0.2) is 0 Å². The summed E-state index contributed by atoms with van der Waals surface area (Å²) in [5.41, 5.74) is 4.16. The van der Waals surface area contributed by atoms with Gasteiger partial charge in [-0.25, -0.2) is 5.43 Å². The van der Waals surface area contributed by atoms with Crippen LogP contribution in [0.25, 0.3) is 0 Å². The number of thioether (sulfide) groups is 1. The summed E-state index contributed by atoms with van der Waals surface area (Å²) >= 11 is 7.59. The molecule has 6 heteroatoms. The first kappa shape index (κ1) is 17.3. The van der Waals surface area contributed by atoms with Crippen molar-refractivity contribution >= 4 is 35.5 Å². The normalized spacial score (nSPS) is 10.9. The monoisotopic (exact) mass is 370 g/mol. The van der Waals surface area contributed by atoms with Crippen molar-refractivity contribution in [1.29, 1.82) is 0 Å². The lowest BCUT2D eigenvalue weighted by Gasteiger charge is -2.04. The molecule has 0 aliphatic heterocycles. The van der Waals surface area contributed by atoms with Crippen molar-refractivity contribution in [2.75, 3.05) is 0 Å². The lowest BCUT2D eigenvalue weighted by molar-refractivity contribution is 0.0955. The SMILES string of the molecule is O=C(N/N=C\c1ccco1)c1ccc(CSc2ccc(Cl)cc2)cc1. The largest absolute Gasteiger partial charge is 0.463 e. The number of nitrogens with zero attached hydrogens (tertiary/aromatic N) is 1. The molecule has 0 aliphatic carbocycles. The first-order valence-electron chi connectivity index (χ1n) is 7.55. The minimum atomic E-state index is -0.264. The Morgan fingerprint density at radius 1 is 1.12 bits per heavy atom. The summed E-state index contributed by atoms with van der Waals surface area (Å²) < 4.78 is 5.10. The third-order valence-corrected chi connectivity index (χ3v) is 4.67. The van der Waals surface area contributed by atoms with Crippen LogP contribution in [-0.2, 0) is 5.75 Å². The molecule has 25 heavy (non-hydrogen) atoms. The molecular weight excluding hydrogens is 356 g/mol. The van der Waals surface area contributed by atoms with Crippen LogP contribution in [0.5, 0.6) is 0 Å². The van der Waals surface area contributed by atoms with E-state index in [2.05, 4.69) is 10.5 Å². The molecule has 126 valence electrons. The number of hydrogen-bond acceptors (Lipinski definition) is 4. The zero-order chi connectivity index (χ0) is 17.5. The number of furan rings is 1. The molecule has 0 bridgehead atoms. The van der Waals surface area contributed by atoms with E-state index in [0.717, 1.165) is 21.2 Å². The first-order valence-corrected chi connectivity index (χ1v) is 8.91. The predicted octanol–water partition coefficient (Wildman–Crippen LogP) is 4.99. The number of benzene rings is 2. The Morgan fingerprint density at radius 2 is 1.88 bits per heavy atom. The summed E-state index contributed by atoms with van der Waals surface area (Å²) in [5, 5.41) is 4.59. The second kappa shape index (κ2) is 8.55. The van der Waals surface area contributed by atoms with Gasteiger partial charge in [-0.15, -0.1) is 11.8 Å². The van der Waals surface area contributed by atoms with E-state index in [1.54, 1.807) is 42.3 Å². The molecule has 0 radical (unpaired) electrons. The highest BCUT2D eigenvalue weighted by atomic mass is 35.5. The van der Waals surface area contributed by atoms with E-state index >= 15 is 0 Å². The molecule has 1 amide bonds. The fraction of sp³-hybridized carbons (Fsp3) is 0.0526. The molecule has 1 N–H and O–H groups in total. The van der Waals surface area contributed by atoms with Crippen molar-refractivity contribution in [2.24, 2.45) is 5.10 Å². The van der Waals surface area contributed by atoms with Crippen LogP contribution in [0.1, 0.15) is 21.7 Å². The number of carbonyl (C=O) groups is 1. The zero-order valence-corrected chi connectivity index (χ0v) is 14.8. The average molecular weight is 371 g/mol. The molecular formula is C19H15ClN2O2S. The second-order valence-corrected chi connectivity index (χ2v) is 6.64. The molecule has 0 saturated heterocycles. The summed E-state index contributed by atoms with van der Waals surface area (Å²) in [5.74, 6) is 1.13. The van der Waals surface area contributed by atoms with Gasteiger partial charge in [-0.1, -0.05) is 23.7 Å². The minimum absolute atomic E-state index is 0.264. The summed E-state index contributed by atoms with van der Waals surface area (Å²) in [4.78, 5) is 13.2. The predicted molar refractivity (Wildman–Crippen MR) is 101 cm³/mol. The van der Waals surface area contributed by atoms with E-state index in [1.165, 1.54) is 6.21 Å². The highest BCUT2D eigenvalue weighted by Crippen LogP contribution is 2.24. The third kappa shape index (κ3) is 5.24. The molecule has 4 nitrogen and oxygen atoms in total. The summed E-state index contributed by atoms with van der Waals surface area (Å²) in [6.07, 6.45) is 3.00. The molecule has 0 spiro atoms. The average Bonchev–Trinajstić information content (AvgIpc) is 3.15. The van der Waals surface area contributed by atoms with E-state index in [1.807, 2.05) is 36.4 Å². The van der Waals surface area contributed by atoms with E-state index in [4.69, 9.17) is 16.0 Å². The molecule has 0 atom stereocenters. The molecule has 0 unspecified atom stereocenters. The summed E-state index contributed by atoms with van der Waals surface area (Å²) in [7, 11) is 0. The standard InChI is InChI=1S/C19H15ClN2O2S/c20-16-7-9-18(10-8-16)25-13-14-3-5-15(6-4-14)19(23)22-21-12-17-2-1-11-24-17/h1-12H,13H2,(H,22,23)/b21-12-. The Balaban J connectivity index is 1.52.